The van der Waals surface area contributed by atoms with Gasteiger partial charge in [0.05, 0.1) is 11.4 Å². The van der Waals surface area contributed by atoms with Crippen molar-refractivity contribution < 1.29 is 0 Å². The second-order valence-electron chi connectivity index (χ2n) is 11.1. The molecule has 0 fully saturated rings. The molecule has 0 aliphatic rings. The largest absolute Gasteiger partial charge is 0.248 e. The van der Waals surface area contributed by atoms with Crippen LogP contribution in [-0.4, -0.2) is 4.98 Å². The van der Waals surface area contributed by atoms with Crippen molar-refractivity contribution in [2.75, 3.05) is 0 Å². The summed E-state index contributed by atoms with van der Waals surface area (Å²) in [5, 5.41) is 0. The van der Waals surface area contributed by atoms with Gasteiger partial charge >= 0.3 is 0 Å². The highest BCUT2D eigenvalue weighted by Gasteiger charge is 2.21. The molecule has 1 heterocycles. The van der Waals surface area contributed by atoms with Gasteiger partial charge in [-0.05, 0) is 56.7 Å². The fourth-order valence-corrected chi connectivity index (χ4v) is 6.09. The number of hydrogen-bond acceptors (Lipinski definition) is 1. The van der Waals surface area contributed by atoms with Gasteiger partial charge in [-0.3, -0.25) is 0 Å². The molecule has 1 nitrogen and oxygen atoms in total. The average molecular weight is 588 g/mol. The summed E-state index contributed by atoms with van der Waals surface area (Å²) in [7, 11) is 0. The van der Waals surface area contributed by atoms with Gasteiger partial charge in [0.15, 0.2) is 0 Å². The quantitative estimate of drug-likeness (QED) is 0.161. The lowest BCUT2D eigenvalue weighted by Crippen LogP contribution is -2.03. The zero-order valence-corrected chi connectivity index (χ0v) is 25.5. The second kappa shape index (κ2) is 13.7. The predicted molar refractivity (Wildman–Crippen MR) is 193 cm³/mol. The summed E-state index contributed by atoms with van der Waals surface area (Å²) in [6, 6.07) is 70.3. The molecule has 0 saturated carbocycles. The monoisotopic (exact) mass is 587 g/mol. The van der Waals surface area contributed by atoms with Gasteiger partial charge in [0.25, 0.3) is 0 Å². The Balaban J connectivity index is 1.56. The first kappa shape index (κ1) is 28.7. The molecule has 0 N–H and O–H groups in total. The molecule has 46 heavy (non-hydrogen) atoms. The first-order chi connectivity index (χ1) is 22.9. The average Bonchev–Trinajstić information content (AvgIpc) is 3.15. The van der Waals surface area contributed by atoms with Crippen LogP contribution in [0.1, 0.15) is 44.8 Å². The molecule has 0 spiro atoms. The van der Waals surface area contributed by atoms with Crippen LogP contribution in [0.25, 0.3) is 22.3 Å². The molecule has 1 heteroatoms. The first-order valence-electron chi connectivity index (χ1n) is 15.7. The molecule has 0 unspecified atom stereocenters. The van der Waals surface area contributed by atoms with Crippen molar-refractivity contribution in [2.24, 2.45) is 0 Å². The highest BCUT2D eigenvalue weighted by Crippen LogP contribution is 2.39. The summed E-state index contributed by atoms with van der Waals surface area (Å²) >= 11 is 0. The highest BCUT2D eigenvalue weighted by atomic mass is 14.7. The lowest BCUT2D eigenvalue weighted by Gasteiger charge is -2.20. The Bertz CT molecular complexity index is 1850. The van der Waals surface area contributed by atoms with E-state index in [9.17, 15) is 0 Å². The van der Waals surface area contributed by atoms with Crippen molar-refractivity contribution in [2.45, 2.75) is 0 Å². The Kier molecular flexibility index (Phi) is 8.56. The Morgan fingerprint density at radius 3 is 0.674 bits per heavy atom. The molecule has 0 aliphatic carbocycles. The third-order valence-electron chi connectivity index (χ3n) is 8.14. The highest BCUT2D eigenvalue weighted by molar-refractivity contribution is 6.06. The lowest BCUT2D eigenvalue weighted by atomic mass is 9.86. The maximum atomic E-state index is 5.55. The van der Waals surface area contributed by atoms with Crippen LogP contribution in [-0.2, 0) is 0 Å². The number of rotatable bonds is 8. The lowest BCUT2D eigenvalue weighted by molar-refractivity contribution is 1.23. The van der Waals surface area contributed by atoms with E-state index in [2.05, 4.69) is 200 Å². The van der Waals surface area contributed by atoms with E-state index in [1.54, 1.807) is 0 Å². The smallest absolute Gasteiger partial charge is 0.0722 e. The van der Waals surface area contributed by atoms with Crippen LogP contribution in [0.2, 0.25) is 0 Å². The van der Waals surface area contributed by atoms with Crippen LogP contribution >= 0.6 is 0 Å². The summed E-state index contributed by atoms with van der Waals surface area (Å²) in [6.45, 7) is 0. The van der Waals surface area contributed by atoms with E-state index in [0.29, 0.717) is 0 Å². The van der Waals surface area contributed by atoms with E-state index in [0.717, 1.165) is 67.1 Å². The fraction of sp³-hybridized carbons (Fsp3) is 0. The molecule has 6 aromatic carbocycles. The molecule has 0 saturated heterocycles. The van der Waals surface area contributed by atoms with Gasteiger partial charge < -0.3 is 0 Å². The van der Waals surface area contributed by atoms with Crippen molar-refractivity contribution in [1.82, 2.24) is 4.98 Å². The van der Waals surface area contributed by atoms with E-state index in [1.807, 2.05) is 0 Å². The van der Waals surface area contributed by atoms with Crippen LogP contribution in [0, 0.1) is 0 Å². The molecule has 0 radical (unpaired) electrons. The molecule has 0 amide bonds. The number of aromatic nitrogens is 1. The summed E-state index contributed by atoms with van der Waals surface area (Å²) in [6.07, 6.45) is 0. The van der Waals surface area contributed by atoms with E-state index < -0.39 is 0 Å². The standard InChI is InChI=1S/C45H33N/c1-7-20-34(21-8-1)42(35-22-9-2-10-23-35)44(38-28-15-5-16-29-38)40-32-19-33-41(46-40)45(39-30-17-6-18-31-39)43(36-24-11-3-12-25-36)37-26-13-4-14-27-37/h1-33H. The number of nitrogens with zero attached hydrogens (tertiary/aromatic N) is 1. The topological polar surface area (TPSA) is 12.9 Å². The molecular formula is C45H33N. The minimum Gasteiger partial charge on any atom is -0.248 e. The van der Waals surface area contributed by atoms with Gasteiger partial charge in [0, 0.05) is 11.1 Å². The van der Waals surface area contributed by atoms with E-state index >= 15 is 0 Å². The molecule has 7 rings (SSSR count). The Morgan fingerprint density at radius 2 is 0.435 bits per heavy atom. The maximum absolute atomic E-state index is 5.55. The molecule has 1 aromatic heterocycles. The van der Waals surface area contributed by atoms with Gasteiger partial charge in [-0.15, -0.1) is 0 Å². The summed E-state index contributed by atoms with van der Waals surface area (Å²) in [4.78, 5) is 5.55. The number of pyridine rings is 1. The van der Waals surface area contributed by atoms with Gasteiger partial charge in [-0.2, -0.15) is 0 Å². The molecule has 0 aliphatic heterocycles. The molecule has 0 bridgehead atoms. The van der Waals surface area contributed by atoms with Crippen LogP contribution < -0.4 is 0 Å². The van der Waals surface area contributed by atoms with Gasteiger partial charge in [-0.1, -0.05) is 188 Å². The van der Waals surface area contributed by atoms with E-state index in [4.69, 9.17) is 4.98 Å². The van der Waals surface area contributed by atoms with Crippen molar-refractivity contribution in [3.8, 4) is 0 Å². The van der Waals surface area contributed by atoms with Gasteiger partial charge in [0.2, 0.25) is 0 Å². The van der Waals surface area contributed by atoms with Crippen molar-refractivity contribution >= 4 is 22.3 Å². The van der Waals surface area contributed by atoms with Crippen LogP contribution in [0.3, 0.4) is 0 Å². The third-order valence-corrected chi connectivity index (χ3v) is 8.14. The fourth-order valence-electron chi connectivity index (χ4n) is 6.09. The van der Waals surface area contributed by atoms with Crippen LogP contribution in [0.15, 0.2) is 200 Å². The first-order valence-corrected chi connectivity index (χ1v) is 15.7. The second-order valence-corrected chi connectivity index (χ2v) is 11.1. The van der Waals surface area contributed by atoms with Crippen LogP contribution in [0.5, 0.6) is 0 Å². The summed E-state index contributed by atoms with van der Waals surface area (Å²) < 4.78 is 0. The molecule has 218 valence electrons. The maximum Gasteiger partial charge on any atom is 0.0722 e. The zero-order chi connectivity index (χ0) is 31.0. The van der Waals surface area contributed by atoms with Crippen LogP contribution in [0.4, 0.5) is 0 Å². The Hall–Kier alpha value is -6.05. The normalized spacial score (nSPS) is 10.6. The van der Waals surface area contributed by atoms with E-state index in [-0.39, 0.29) is 0 Å². The van der Waals surface area contributed by atoms with Crippen molar-refractivity contribution in [1.29, 1.82) is 0 Å². The molecule has 0 atom stereocenters. The minimum absolute atomic E-state index is 0.917. The predicted octanol–water partition coefficient (Wildman–Crippen LogP) is 11.1. The Labute approximate surface area is 271 Å². The molecular weight excluding hydrogens is 555 g/mol. The molecule has 7 aromatic rings. The minimum atomic E-state index is 0.917. The van der Waals surface area contributed by atoms with Gasteiger partial charge in [0.1, 0.15) is 0 Å². The van der Waals surface area contributed by atoms with E-state index in [1.165, 1.54) is 0 Å². The van der Waals surface area contributed by atoms with Crippen molar-refractivity contribution in [3.05, 3.63) is 245 Å². The Morgan fingerprint density at radius 1 is 0.217 bits per heavy atom. The van der Waals surface area contributed by atoms with Crippen molar-refractivity contribution in [3.63, 3.8) is 0 Å². The summed E-state index contributed by atoms with van der Waals surface area (Å²) in [5.74, 6) is 0. The SMILES string of the molecule is c1ccc(C(=C(c2ccccc2)c2cccc(C(=C(c3ccccc3)c3ccccc3)c3ccccc3)n2)c2ccccc2)cc1. The number of hydrogen-bond donors (Lipinski definition) is 0. The zero-order valence-electron chi connectivity index (χ0n) is 25.5. The van der Waals surface area contributed by atoms with Gasteiger partial charge in [-0.25, -0.2) is 4.98 Å². The number of benzene rings is 6. The summed E-state index contributed by atoms with van der Waals surface area (Å²) in [5.41, 5.74) is 13.1. The third kappa shape index (κ3) is 6.13.